The molecular formula is C26H31ClN6O4. The average Bonchev–Trinajstić information content (AvgIpc) is 2.89. The van der Waals surface area contributed by atoms with Gasteiger partial charge in [-0.2, -0.15) is 0 Å². The lowest BCUT2D eigenvalue weighted by atomic mass is 10.1. The number of halogens is 1. The molecule has 0 fully saturated rings. The van der Waals surface area contributed by atoms with Crippen molar-refractivity contribution in [2.45, 2.75) is 19.5 Å². The molecule has 1 aromatic heterocycles. The van der Waals surface area contributed by atoms with Gasteiger partial charge in [-0.3, -0.25) is 9.59 Å². The van der Waals surface area contributed by atoms with Crippen LogP contribution in [0.1, 0.15) is 34.1 Å². The van der Waals surface area contributed by atoms with Crippen LogP contribution < -0.4 is 36.5 Å². The highest BCUT2D eigenvalue weighted by atomic mass is 35.5. The molecular weight excluding hydrogens is 496 g/mol. The summed E-state index contributed by atoms with van der Waals surface area (Å²) in [5.41, 5.74) is 13.1. The Hall–Kier alpha value is -3.86. The summed E-state index contributed by atoms with van der Waals surface area (Å²) in [6.07, 6.45) is 1.80. The molecule has 2 amide bonds. The smallest absolute Gasteiger partial charge is 0.259 e. The van der Waals surface area contributed by atoms with Gasteiger partial charge in [-0.1, -0.05) is 11.6 Å². The molecule has 3 aromatic rings. The lowest BCUT2D eigenvalue weighted by Crippen LogP contribution is -2.36. The van der Waals surface area contributed by atoms with Crippen LogP contribution in [0.15, 0.2) is 54.7 Å². The second-order valence-electron chi connectivity index (χ2n) is 8.20. The zero-order valence-corrected chi connectivity index (χ0v) is 21.7. The Morgan fingerprint density at radius 3 is 2.49 bits per heavy atom. The second-order valence-corrected chi connectivity index (χ2v) is 8.64. The van der Waals surface area contributed by atoms with Gasteiger partial charge in [-0.25, -0.2) is 4.98 Å². The van der Waals surface area contributed by atoms with Gasteiger partial charge in [0.05, 0.1) is 41.7 Å². The standard InChI is InChI=1S/C26H31ClN6O4/c1-16(29)33(2)18-6-8-20(23(13-18)37-12-4-11-28)25(34)31-22-9-7-19(36-3)14-21(22)26(35)32-24-10-5-17(27)15-30-24/h5-10,13-16H,4,11-12,28-29H2,1-3H3,(H,31,34)(H,30,32,35). The molecule has 1 atom stereocenters. The predicted octanol–water partition coefficient (Wildman–Crippen LogP) is 3.72. The molecule has 1 heterocycles. The van der Waals surface area contributed by atoms with Crippen molar-refractivity contribution in [2.24, 2.45) is 11.5 Å². The largest absolute Gasteiger partial charge is 0.497 e. The minimum absolute atomic E-state index is 0.184. The van der Waals surface area contributed by atoms with Crippen LogP contribution in [0.3, 0.4) is 0 Å². The van der Waals surface area contributed by atoms with Gasteiger partial charge in [0, 0.05) is 25.0 Å². The Bertz CT molecular complexity index is 1240. The number of carbonyl (C=O) groups excluding carboxylic acids is 2. The van der Waals surface area contributed by atoms with Crippen molar-refractivity contribution in [3.8, 4) is 11.5 Å². The summed E-state index contributed by atoms with van der Waals surface area (Å²) in [6.45, 7) is 2.64. The fraction of sp³-hybridized carbons (Fsp3) is 0.269. The molecule has 10 nitrogen and oxygen atoms in total. The molecule has 0 aliphatic rings. The maximum atomic E-state index is 13.4. The van der Waals surface area contributed by atoms with Crippen molar-refractivity contribution < 1.29 is 19.1 Å². The van der Waals surface area contributed by atoms with E-state index in [1.54, 1.807) is 42.5 Å². The molecule has 2 aromatic carbocycles. The summed E-state index contributed by atoms with van der Waals surface area (Å²) in [7, 11) is 3.34. The Morgan fingerprint density at radius 2 is 1.84 bits per heavy atom. The van der Waals surface area contributed by atoms with E-state index in [1.807, 2.05) is 18.9 Å². The molecule has 37 heavy (non-hydrogen) atoms. The number of carbonyl (C=O) groups is 2. The fourth-order valence-electron chi connectivity index (χ4n) is 3.31. The van der Waals surface area contributed by atoms with Gasteiger partial charge in [0.25, 0.3) is 11.8 Å². The van der Waals surface area contributed by atoms with Gasteiger partial charge in [0.2, 0.25) is 0 Å². The Morgan fingerprint density at radius 1 is 1.08 bits per heavy atom. The zero-order chi connectivity index (χ0) is 26.9. The zero-order valence-electron chi connectivity index (χ0n) is 21.0. The van der Waals surface area contributed by atoms with Crippen molar-refractivity contribution in [3.05, 3.63) is 70.9 Å². The number of pyridine rings is 1. The van der Waals surface area contributed by atoms with E-state index in [2.05, 4.69) is 15.6 Å². The van der Waals surface area contributed by atoms with Gasteiger partial charge < -0.3 is 36.5 Å². The number of ether oxygens (including phenoxy) is 2. The minimum atomic E-state index is -0.489. The lowest BCUT2D eigenvalue weighted by molar-refractivity contribution is 0.102. The highest BCUT2D eigenvalue weighted by Crippen LogP contribution is 2.29. The first-order valence-corrected chi connectivity index (χ1v) is 12.0. The van der Waals surface area contributed by atoms with Gasteiger partial charge in [-0.15, -0.1) is 0 Å². The number of amides is 2. The van der Waals surface area contributed by atoms with E-state index >= 15 is 0 Å². The average molecular weight is 527 g/mol. The summed E-state index contributed by atoms with van der Waals surface area (Å²) in [4.78, 5) is 32.4. The predicted molar refractivity (Wildman–Crippen MR) is 146 cm³/mol. The second kappa shape index (κ2) is 12.9. The topological polar surface area (TPSA) is 145 Å². The molecule has 0 aliphatic heterocycles. The van der Waals surface area contributed by atoms with Gasteiger partial charge in [0.1, 0.15) is 17.3 Å². The summed E-state index contributed by atoms with van der Waals surface area (Å²) in [6, 6.07) is 13.1. The van der Waals surface area contributed by atoms with Crippen molar-refractivity contribution in [3.63, 3.8) is 0 Å². The maximum absolute atomic E-state index is 13.4. The third kappa shape index (κ3) is 7.32. The number of hydrogen-bond acceptors (Lipinski definition) is 8. The van der Waals surface area contributed by atoms with E-state index in [9.17, 15) is 9.59 Å². The number of anilines is 3. The van der Waals surface area contributed by atoms with Crippen LogP contribution in [0.5, 0.6) is 11.5 Å². The first-order valence-electron chi connectivity index (χ1n) is 11.6. The van der Waals surface area contributed by atoms with Crippen LogP contribution in [0, 0.1) is 0 Å². The van der Waals surface area contributed by atoms with E-state index < -0.39 is 11.8 Å². The minimum Gasteiger partial charge on any atom is -0.497 e. The summed E-state index contributed by atoms with van der Waals surface area (Å²) >= 11 is 5.88. The number of hydrogen-bond donors (Lipinski definition) is 4. The molecule has 0 aliphatic carbocycles. The number of nitrogens with one attached hydrogen (secondary N) is 2. The van der Waals surface area contributed by atoms with Crippen LogP contribution in [0.4, 0.5) is 17.2 Å². The van der Waals surface area contributed by atoms with E-state index in [4.69, 9.17) is 32.5 Å². The summed E-state index contributed by atoms with van der Waals surface area (Å²) in [5, 5.41) is 5.95. The van der Waals surface area contributed by atoms with Gasteiger partial charge >= 0.3 is 0 Å². The first kappa shape index (κ1) is 27.7. The normalized spacial score (nSPS) is 11.4. The molecule has 0 spiro atoms. The maximum Gasteiger partial charge on any atom is 0.259 e. The number of methoxy groups -OCH3 is 1. The fourth-order valence-corrected chi connectivity index (χ4v) is 3.42. The SMILES string of the molecule is COc1ccc(NC(=O)c2ccc(N(C)C(C)N)cc2OCCCN)c(C(=O)Nc2ccc(Cl)cn2)c1. The lowest BCUT2D eigenvalue weighted by Gasteiger charge is -2.24. The number of benzene rings is 2. The molecule has 0 bridgehead atoms. The Kier molecular flexibility index (Phi) is 9.67. The highest BCUT2D eigenvalue weighted by Gasteiger charge is 2.20. The van der Waals surface area contributed by atoms with E-state index in [1.165, 1.54) is 19.4 Å². The van der Waals surface area contributed by atoms with Crippen LogP contribution in [0.2, 0.25) is 5.02 Å². The Labute approximate surface area is 220 Å². The van der Waals surface area contributed by atoms with Crippen molar-refractivity contribution in [1.82, 2.24) is 4.98 Å². The number of rotatable bonds is 11. The molecule has 3 rings (SSSR count). The van der Waals surface area contributed by atoms with Gasteiger partial charge in [-0.05, 0) is 62.4 Å². The van der Waals surface area contributed by atoms with Crippen molar-refractivity contribution in [2.75, 3.05) is 42.8 Å². The molecule has 1 unspecified atom stereocenters. The van der Waals surface area contributed by atoms with E-state index in [0.717, 1.165) is 5.69 Å². The third-order valence-electron chi connectivity index (χ3n) is 5.52. The van der Waals surface area contributed by atoms with Crippen LogP contribution in [-0.4, -0.2) is 50.3 Å². The number of nitrogens with two attached hydrogens (primary N) is 2. The van der Waals surface area contributed by atoms with Crippen LogP contribution in [-0.2, 0) is 0 Å². The first-order chi connectivity index (χ1) is 17.7. The van der Waals surface area contributed by atoms with Gasteiger partial charge in [0.15, 0.2) is 0 Å². The van der Waals surface area contributed by atoms with Crippen molar-refractivity contribution >= 4 is 40.6 Å². The summed E-state index contributed by atoms with van der Waals surface area (Å²) < 4.78 is 11.2. The molecule has 0 saturated heterocycles. The van der Waals surface area contributed by atoms with Crippen LogP contribution >= 0.6 is 11.6 Å². The Balaban J connectivity index is 1.91. The quantitative estimate of drug-likeness (QED) is 0.218. The van der Waals surface area contributed by atoms with Crippen LogP contribution in [0.25, 0.3) is 0 Å². The molecule has 11 heteroatoms. The molecule has 6 N–H and O–H groups in total. The summed E-state index contributed by atoms with van der Waals surface area (Å²) in [5.74, 6) is 0.181. The highest BCUT2D eigenvalue weighted by molar-refractivity contribution is 6.30. The van der Waals surface area contributed by atoms with E-state index in [0.29, 0.717) is 47.5 Å². The molecule has 196 valence electrons. The molecule has 0 saturated carbocycles. The molecule has 0 radical (unpaired) electrons. The van der Waals surface area contributed by atoms with E-state index in [-0.39, 0.29) is 17.4 Å². The number of nitrogens with zero attached hydrogens (tertiary/aromatic N) is 2. The van der Waals surface area contributed by atoms with Crippen molar-refractivity contribution in [1.29, 1.82) is 0 Å². The monoisotopic (exact) mass is 526 g/mol. The number of aromatic nitrogens is 1. The third-order valence-corrected chi connectivity index (χ3v) is 5.75.